The summed E-state index contributed by atoms with van der Waals surface area (Å²) >= 11 is 0. The van der Waals surface area contributed by atoms with Crippen molar-refractivity contribution >= 4 is 19.8 Å². The molecule has 1 unspecified atom stereocenters. The predicted octanol–water partition coefficient (Wildman–Crippen LogP) is 11.8. The zero-order valence-electron chi connectivity index (χ0n) is 31.2. The molecular weight excluding hydrogens is 627 g/mol. The Morgan fingerprint density at radius 2 is 0.875 bits per heavy atom. The first-order valence-corrected chi connectivity index (χ1v) is 21.5. The van der Waals surface area contributed by atoms with Crippen molar-refractivity contribution in [3.8, 4) is 0 Å². The quantitative estimate of drug-likeness (QED) is 0.0284. The van der Waals surface area contributed by atoms with Gasteiger partial charge in [-0.15, -0.1) is 0 Å². The van der Waals surface area contributed by atoms with Crippen molar-refractivity contribution in [2.24, 2.45) is 0 Å². The van der Waals surface area contributed by atoms with E-state index < -0.39 is 32.5 Å². The number of ether oxygens (including phenoxy) is 2. The van der Waals surface area contributed by atoms with E-state index in [-0.39, 0.29) is 19.4 Å². The van der Waals surface area contributed by atoms with Crippen LogP contribution in [-0.2, 0) is 28.2 Å². The summed E-state index contributed by atoms with van der Waals surface area (Å²) in [5.74, 6) is -0.885. The number of allylic oxidation sites excluding steroid dienone is 2. The van der Waals surface area contributed by atoms with E-state index in [4.69, 9.17) is 19.3 Å². The second kappa shape index (κ2) is 35.6. The molecule has 0 amide bonds. The lowest BCUT2D eigenvalue weighted by Gasteiger charge is -2.18. The van der Waals surface area contributed by atoms with Gasteiger partial charge in [0.15, 0.2) is 6.10 Å². The minimum Gasteiger partial charge on any atom is -0.462 e. The number of esters is 2. The van der Waals surface area contributed by atoms with E-state index in [0.717, 1.165) is 51.4 Å². The van der Waals surface area contributed by atoms with Crippen LogP contribution in [0.15, 0.2) is 12.2 Å². The predicted molar refractivity (Wildman–Crippen MR) is 198 cm³/mol. The van der Waals surface area contributed by atoms with Crippen LogP contribution in [-0.4, -0.2) is 41.0 Å². The molecule has 0 aliphatic heterocycles. The molecule has 1 atom stereocenters. The Labute approximate surface area is 295 Å². The third kappa shape index (κ3) is 37.6. The van der Waals surface area contributed by atoms with Crippen LogP contribution in [0.4, 0.5) is 0 Å². The van der Waals surface area contributed by atoms with Gasteiger partial charge in [0.25, 0.3) is 0 Å². The SMILES string of the molecule is CCCCCC/C=C\CCCCCCCC(=O)OC(COC(=O)CCCCCCCCCCCCCCCCCCC)COP(=O)(O)O. The molecule has 2 N–H and O–H groups in total. The summed E-state index contributed by atoms with van der Waals surface area (Å²) in [6, 6.07) is 0. The molecule has 0 aliphatic carbocycles. The van der Waals surface area contributed by atoms with Gasteiger partial charge >= 0.3 is 19.8 Å². The number of carbonyl (C=O) groups excluding carboxylic acids is 2. The molecule has 0 fully saturated rings. The molecule has 48 heavy (non-hydrogen) atoms. The summed E-state index contributed by atoms with van der Waals surface area (Å²) in [7, 11) is -4.75. The van der Waals surface area contributed by atoms with Crippen molar-refractivity contribution in [1.29, 1.82) is 0 Å². The number of rotatable bonds is 37. The van der Waals surface area contributed by atoms with E-state index in [1.54, 1.807) is 0 Å². The monoisotopic (exact) mass is 703 g/mol. The lowest BCUT2D eigenvalue weighted by molar-refractivity contribution is -0.161. The Hall–Kier alpha value is -1.21. The molecule has 9 heteroatoms. The Kier molecular flexibility index (Phi) is 34.7. The maximum absolute atomic E-state index is 12.3. The Morgan fingerprint density at radius 3 is 1.29 bits per heavy atom. The number of carbonyl (C=O) groups is 2. The van der Waals surface area contributed by atoms with Crippen LogP contribution in [0.25, 0.3) is 0 Å². The van der Waals surface area contributed by atoms with E-state index in [0.29, 0.717) is 6.42 Å². The normalized spacial score (nSPS) is 12.5. The minimum absolute atomic E-state index is 0.206. The summed E-state index contributed by atoms with van der Waals surface area (Å²) in [5, 5.41) is 0. The van der Waals surface area contributed by atoms with Gasteiger partial charge in [-0.1, -0.05) is 167 Å². The van der Waals surface area contributed by atoms with E-state index in [9.17, 15) is 14.2 Å². The molecule has 0 rings (SSSR count). The first-order chi connectivity index (χ1) is 23.3. The summed E-state index contributed by atoms with van der Waals surface area (Å²) in [4.78, 5) is 42.7. The molecule has 0 saturated carbocycles. The lowest BCUT2D eigenvalue weighted by Crippen LogP contribution is -2.29. The first-order valence-electron chi connectivity index (χ1n) is 20.0. The second-order valence-corrected chi connectivity index (χ2v) is 14.9. The van der Waals surface area contributed by atoms with Crippen molar-refractivity contribution in [2.45, 2.75) is 213 Å². The molecule has 0 aromatic rings. The number of unbranched alkanes of at least 4 members (excludes halogenated alkanes) is 25. The molecule has 0 spiro atoms. The van der Waals surface area contributed by atoms with Crippen LogP contribution in [0.1, 0.15) is 206 Å². The van der Waals surface area contributed by atoms with Gasteiger partial charge in [0.1, 0.15) is 6.61 Å². The molecule has 284 valence electrons. The van der Waals surface area contributed by atoms with Crippen LogP contribution in [0.3, 0.4) is 0 Å². The zero-order chi connectivity index (χ0) is 35.4. The number of phosphoric ester groups is 1. The van der Waals surface area contributed by atoms with Crippen molar-refractivity contribution in [3.63, 3.8) is 0 Å². The largest absolute Gasteiger partial charge is 0.469 e. The molecule has 0 bridgehead atoms. The topological polar surface area (TPSA) is 119 Å². The van der Waals surface area contributed by atoms with E-state index >= 15 is 0 Å². The van der Waals surface area contributed by atoms with Gasteiger partial charge in [-0.05, 0) is 38.5 Å². The van der Waals surface area contributed by atoms with Crippen LogP contribution in [0.5, 0.6) is 0 Å². The van der Waals surface area contributed by atoms with Gasteiger partial charge in [-0.3, -0.25) is 14.1 Å². The van der Waals surface area contributed by atoms with Crippen molar-refractivity contribution < 1.29 is 37.9 Å². The maximum atomic E-state index is 12.3. The van der Waals surface area contributed by atoms with E-state index in [1.165, 1.54) is 122 Å². The first kappa shape index (κ1) is 46.8. The van der Waals surface area contributed by atoms with Crippen LogP contribution in [0.2, 0.25) is 0 Å². The summed E-state index contributed by atoms with van der Waals surface area (Å²) < 4.78 is 26.3. The van der Waals surface area contributed by atoms with Gasteiger partial charge in [-0.2, -0.15) is 0 Å². The fourth-order valence-corrected chi connectivity index (χ4v) is 6.14. The lowest BCUT2D eigenvalue weighted by atomic mass is 10.0. The molecule has 0 saturated heterocycles. The molecule has 0 aromatic carbocycles. The second-order valence-electron chi connectivity index (χ2n) is 13.6. The Balaban J connectivity index is 3.90. The number of hydrogen-bond acceptors (Lipinski definition) is 6. The smallest absolute Gasteiger partial charge is 0.462 e. The third-order valence-electron chi connectivity index (χ3n) is 8.78. The van der Waals surface area contributed by atoms with Crippen LogP contribution >= 0.6 is 7.82 Å². The van der Waals surface area contributed by atoms with Gasteiger partial charge < -0.3 is 19.3 Å². The molecule has 8 nitrogen and oxygen atoms in total. The number of phosphoric acid groups is 1. The summed E-state index contributed by atoms with van der Waals surface area (Å²) in [6.45, 7) is 3.67. The molecule has 0 heterocycles. The number of hydrogen-bond donors (Lipinski definition) is 2. The molecule has 0 aromatic heterocycles. The highest BCUT2D eigenvalue weighted by atomic mass is 31.2. The van der Waals surface area contributed by atoms with Crippen molar-refractivity contribution in [2.75, 3.05) is 13.2 Å². The van der Waals surface area contributed by atoms with E-state index in [1.807, 2.05) is 0 Å². The Morgan fingerprint density at radius 1 is 0.521 bits per heavy atom. The minimum atomic E-state index is -4.75. The van der Waals surface area contributed by atoms with Gasteiger partial charge in [0.2, 0.25) is 0 Å². The van der Waals surface area contributed by atoms with Crippen molar-refractivity contribution in [3.05, 3.63) is 12.2 Å². The maximum Gasteiger partial charge on any atom is 0.469 e. The highest BCUT2D eigenvalue weighted by Gasteiger charge is 2.22. The molecular formula is C39H75O8P. The Bertz CT molecular complexity index is 797. The molecule has 0 radical (unpaired) electrons. The fourth-order valence-electron chi connectivity index (χ4n) is 5.78. The van der Waals surface area contributed by atoms with E-state index in [2.05, 4.69) is 30.5 Å². The van der Waals surface area contributed by atoms with Gasteiger partial charge in [0, 0.05) is 12.8 Å². The standard InChI is InChI=1S/C39H75O8P/c1-3-5-7-9-11-13-15-17-18-19-20-22-23-25-27-29-31-33-38(40)45-35-37(36-46-48(42,43)44)47-39(41)34-32-30-28-26-24-21-16-14-12-10-8-6-4-2/h14,16,37H,3-13,15,17-36H2,1-2H3,(H2,42,43,44)/b16-14-. The highest BCUT2D eigenvalue weighted by Crippen LogP contribution is 2.36. The van der Waals surface area contributed by atoms with Crippen LogP contribution < -0.4 is 0 Å². The molecule has 0 aliphatic rings. The summed E-state index contributed by atoms with van der Waals surface area (Å²) in [6.07, 6.45) is 37.9. The van der Waals surface area contributed by atoms with Crippen molar-refractivity contribution in [1.82, 2.24) is 0 Å². The average Bonchev–Trinajstić information content (AvgIpc) is 3.05. The zero-order valence-corrected chi connectivity index (χ0v) is 32.0. The fraction of sp³-hybridized carbons (Fsp3) is 0.897. The third-order valence-corrected chi connectivity index (χ3v) is 9.27. The summed E-state index contributed by atoms with van der Waals surface area (Å²) in [5.41, 5.74) is 0. The highest BCUT2D eigenvalue weighted by molar-refractivity contribution is 7.46. The van der Waals surface area contributed by atoms with Gasteiger partial charge in [-0.25, -0.2) is 4.57 Å². The van der Waals surface area contributed by atoms with Crippen LogP contribution in [0, 0.1) is 0 Å². The van der Waals surface area contributed by atoms with Gasteiger partial charge in [0.05, 0.1) is 6.61 Å². The average molecular weight is 703 g/mol.